The fraction of sp³-hybridized carbons (Fsp3) is 0.368. The number of rotatable bonds is 10. The highest BCUT2D eigenvalue weighted by Gasteiger charge is 2.13. The van der Waals surface area contributed by atoms with Gasteiger partial charge >= 0.3 is 0 Å². The molecular formula is C19H27N7O2. The number of amides is 2. The molecule has 2 aromatic rings. The van der Waals surface area contributed by atoms with E-state index in [9.17, 15) is 9.59 Å². The van der Waals surface area contributed by atoms with Gasteiger partial charge in [-0.3, -0.25) is 9.59 Å². The van der Waals surface area contributed by atoms with Gasteiger partial charge in [0.1, 0.15) is 5.82 Å². The number of carbonyl (C=O) groups excluding carboxylic acids is 2. The van der Waals surface area contributed by atoms with Crippen LogP contribution in [0.3, 0.4) is 0 Å². The molecule has 0 spiro atoms. The third-order valence-electron chi connectivity index (χ3n) is 3.85. The molecule has 2 rings (SSSR count). The van der Waals surface area contributed by atoms with Crippen molar-refractivity contribution in [1.82, 2.24) is 15.3 Å². The van der Waals surface area contributed by atoms with E-state index in [1.165, 1.54) is 13.1 Å². The van der Waals surface area contributed by atoms with Crippen LogP contribution in [0.2, 0.25) is 0 Å². The summed E-state index contributed by atoms with van der Waals surface area (Å²) in [6.45, 7) is 7.96. The van der Waals surface area contributed by atoms with Crippen molar-refractivity contribution in [2.45, 2.75) is 20.8 Å². The topological polar surface area (TPSA) is 134 Å². The Morgan fingerprint density at radius 2 is 1.96 bits per heavy atom. The summed E-state index contributed by atoms with van der Waals surface area (Å²) in [5, 5.41) is 12.2. The summed E-state index contributed by atoms with van der Waals surface area (Å²) in [7, 11) is 0. The fourth-order valence-corrected chi connectivity index (χ4v) is 2.50. The van der Waals surface area contributed by atoms with E-state index in [1.807, 2.05) is 6.07 Å². The van der Waals surface area contributed by atoms with E-state index in [2.05, 4.69) is 45.1 Å². The Labute approximate surface area is 164 Å². The largest absolute Gasteiger partial charge is 0.369 e. The van der Waals surface area contributed by atoms with Gasteiger partial charge in [-0.2, -0.15) is 4.98 Å². The Hall–Kier alpha value is -3.20. The van der Waals surface area contributed by atoms with Crippen molar-refractivity contribution in [3.05, 3.63) is 36.0 Å². The minimum Gasteiger partial charge on any atom is -0.369 e. The highest BCUT2D eigenvalue weighted by molar-refractivity contribution is 5.97. The number of benzene rings is 1. The average molecular weight is 385 g/mol. The minimum absolute atomic E-state index is 0.155. The van der Waals surface area contributed by atoms with Crippen LogP contribution in [-0.4, -0.2) is 41.4 Å². The lowest BCUT2D eigenvalue weighted by molar-refractivity contribution is -0.114. The molecule has 1 heterocycles. The van der Waals surface area contributed by atoms with Crippen LogP contribution in [0, 0.1) is 5.92 Å². The highest BCUT2D eigenvalue weighted by Crippen LogP contribution is 2.20. The number of aromatic nitrogens is 2. The molecule has 28 heavy (non-hydrogen) atoms. The van der Waals surface area contributed by atoms with E-state index in [0.29, 0.717) is 35.6 Å². The van der Waals surface area contributed by atoms with Crippen molar-refractivity contribution >= 4 is 35.0 Å². The predicted octanol–water partition coefficient (Wildman–Crippen LogP) is 1.93. The Morgan fingerprint density at radius 3 is 2.64 bits per heavy atom. The first-order valence-electron chi connectivity index (χ1n) is 9.15. The molecule has 0 fully saturated rings. The van der Waals surface area contributed by atoms with Crippen molar-refractivity contribution in [2.75, 3.05) is 35.6 Å². The van der Waals surface area contributed by atoms with Gasteiger partial charge in [0.05, 0.1) is 5.56 Å². The van der Waals surface area contributed by atoms with Gasteiger partial charge in [0.2, 0.25) is 11.9 Å². The number of primary amides is 1. The minimum atomic E-state index is -0.596. The smallest absolute Gasteiger partial charge is 0.254 e. The highest BCUT2D eigenvalue weighted by atomic mass is 16.1. The zero-order valence-electron chi connectivity index (χ0n) is 16.4. The first kappa shape index (κ1) is 21.1. The summed E-state index contributed by atoms with van der Waals surface area (Å²) < 4.78 is 0. The van der Waals surface area contributed by atoms with E-state index in [0.717, 1.165) is 13.1 Å². The maximum absolute atomic E-state index is 11.7. The lowest BCUT2D eigenvalue weighted by atomic mass is 10.1. The molecule has 0 saturated heterocycles. The maximum Gasteiger partial charge on any atom is 0.254 e. The molecule has 0 radical (unpaired) electrons. The van der Waals surface area contributed by atoms with E-state index in [4.69, 9.17) is 5.73 Å². The van der Waals surface area contributed by atoms with Crippen molar-refractivity contribution in [3.8, 4) is 0 Å². The number of nitrogens with two attached hydrogens (primary N) is 1. The molecule has 0 aliphatic carbocycles. The number of hydrogen-bond donors (Lipinski definition) is 5. The summed E-state index contributed by atoms with van der Waals surface area (Å²) in [5.74, 6) is 0.276. The molecule has 1 aromatic heterocycles. The molecule has 0 saturated carbocycles. The van der Waals surface area contributed by atoms with Crippen LogP contribution in [0.1, 0.15) is 31.1 Å². The molecule has 9 heteroatoms. The first-order chi connectivity index (χ1) is 13.4. The Morgan fingerprint density at radius 1 is 1.21 bits per heavy atom. The molecule has 1 unspecified atom stereocenters. The number of nitrogens with one attached hydrogen (secondary N) is 4. The number of anilines is 4. The van der Waals surface area contributed by atoms with Crippen LogP contribution in [0.25, 0.3) is 0 Å². The monoisotopic (exact) mass is 385 g/mol. The van der Waals surface area contributed by atoms with Crippen LogP contribution < -0.4 is 27.0 Å². The van der Waals surface area contributed by atoms with Gasteiger partial charge in [0.15, 0.2) is 0 Å². The van der Waals surface area contributed by atoms with Crippen molar-refractivity contribution in [3.63, 3.8) is 0 Å². The fourth-order valence-electron chi connectivity index (χ4n) is 2.50. The second-order valence-corrected chi connectivity index (χ2v) is 6.50. The zero-order chi connectivity index (χ0) is 20.5. The molecule has 0 aliphatic heterocycles. The number of hydrogen-bond acceptors (Lipinski definition) is 7. The molecule has 150 valence electrons. The van der Waals surface area contributed by atoms with E-state index >= 15 is 0 Å². The van der Waals surface area contributed by atoms with Gasteiger partial charge in [-0.25, -0.2) is 4.98 Å². The zero-order valence-corrected chi connectivity index (χ0v) is 16.4. The predicted molar refractivity (Wildman–Crippen MR) is 111 cm³/mol. The first-order valence-corrected chi connectivity index (χ1v) is 9.15. The summed E-state index contributed by atoms with van der Waals surface area (Å²) in [5.41, 5.74) is 7.02. The molecular weight excluding hydrogens is 358 g/mol. The summed E-state index contributed by atoms with van der Waals surface area (Å²) in [6.07, 6.45) is 1.40. The van der Waals surface area contributed by atoms with Crippen molar-refractivity contribution in [1.29, 1.82) is 0 Å². The van der Waals surface area contributed by atoms with Crippen molar-refractivity contribution in [2.24, 2.45) is 11.7 Å². The quantitative estimate of drug-likeness (QED) is 0.422. The summed E-state index contributed by atoms with van der Waals surface area (Å²) in [6, 6.07) is 7.16. The third kappa shape index (κ3) is 6.51. The van der Waals surface area contributed by atoms with Crippen molar-refractivity contribution < 1.29 is 9.59 Å². The molecule has 6 N–H and O–H groups in total. The van der Waals surface area contributed by atoms with Crippen LogP contribution >= 0.6 is 0 Å². The molecule has 0 aliphatic rings. The Balaban J connectivity index is 2.15. The lowest BCUT2D eigenvalue weighted by Gasteiger charge is -2.15. The number of carbonyl (C=O) groups is 2. The van der Waals surface area contributed by atoms with Crippen LogP contribution in [0.5, 0.6) is 0 Å². The molecule has 1 atom stereocenters. The van der Waals surface area contributed by atoms with Gasteiger partial charge in [0, 0.05) is 31.0 Å². The Bertz CT molecular complexity index is 826. The lowest BCUT2D eigenvalue weighted by Crippen LogP contribution is -2.26. The molecule has 1 aromatic carbocycles. The standard InChI is InChI=1S/C19H27N7O2/c1-4-21-9-12(2)10-22-18-16(17(20)28)11-23-19(26-18)25-15-7-5-6-14(8-15)24-13(3)27/h5-8,11-12,21H,4,9-10H2,1-3H3,(H2,20,28)(H,24,27)(H2,22,23,25,26). The van der Waals surface area contributed by atoms with Crippen LogP contribution in [-0.2, 0) is 4.79 Å². The summed E-state index contributed by atoms with van der Waals surface area (Å²) in [4.78, 5) is 31.4. The van der Waals surface area contributed by atoms with Gasteiger partial charge in [-0.05, 0) is 37.2 Å². The van der Waals surface area contributed by atoms with E-state index in [1.54, 1.807) is 18.2 Å². The maximum atomic E-state index is 11.7. The van der Waals surface area contributed by atoms with E-state index < -0.39 is 5.91 Å². The SMILES string of the molecule is CCNCC(C)CNc1nc(Nc2cccc(NC(C)=O)c2)ncc1C(N)=O. The molecule has 2 amide bonds. The van der Waals surface area contributed by atoms with Crippen LogP contribution in [0.15, 0.2) is 30.5 Å². The second kappa shape index (κ2) is 10.2. The average Bonchev–Trinajstić information content (AvgIpc) is 2.64. The normalized spacial score (nSPS) is 11.5. The van der Waals surface area contributed by atoms with Gasteiger partial charge in [0.25, 0.3) is 5.91 Å². The third-order valence-corrected chi connectivity index (χ3v) is 3.85. The van der Waals surface area contributed by atoms with E-state index in [-0.39, 0.29) is 11.5 Å². The van der Waals surface area contributed by atoms with Gasteiger partial charge in [-0.15, -0.1) is 0 Å². The summed E-state index contributed by atoms with van der Waals surface area (Å²) >= 11 is 0. The van der Waals surface area contributed by atoms with Crippen LogP contribution in [0.4, 0.5) is 23.1 Å². The molecule has 0 bridgehead atoms. The van der Waals surface area contributed by atoms with Gasteiger partial charge < -0.3 is 27.0 Å². The molecule has 9 nitrogen and oxygen atoms in total. The Kier molecular flexibility index (Phi) is 7.70. The second-order valence-electron chi connectivity index (χ2n) is 6.50. The van der Waals surface area contributed by atoms with Gasteiger partial charge in [-0.1, -0.05) is 19.9 Å². The number of nitrogens with zero attached hydrogens (tertiary/aromatic N) is 2.